The Kier molecular flexibility index (Phi) is 5.08. The Bertz CT molecular complexity index is 801. The minimum absolute atomic E-state index is 0.0259. The summed E-state index contributed by atoms with van der Waals surface area (Å²) in [6.45, 7) is 1.71. The summed E-state index contributed by atoms with van der Waals surface area (Å²) in [5.74, 6) is 1.53. The fourth-order valence-corrected chi connectivity index (χ4v) is 5.94. The molecular weight excluding hydrogens is 378 g/mol. The Hall–Kier alpha value is -2.08. The molecule has 6 nitrogen and oxygen atoms in total. The molecule has 4 fully saturated rings. The number of hydrogen-bond acceptors (Lipinski definition) is 4. The minimum Gasteiger partial charge on any atom is -0.507 e. The lowest BCUT2D eigenvalue weighted by molar-refractivity contribution is -0.125. The lowest BCUT2D eigenvalue weighted by atomic mass is 9.53. The molecule has 1 aromatic carbocycles. The molecule has 150 valence electrons. The van der Waals surface area contributed by atoms with Crippen molar-refractivity contribution in [2.75, 3.05) is 0 Å². The number of hydrazone groups is 1. The van der Waals surface area contributed by atoms with Gasteiger partial charge in [-0.05, 0) is 81.4 Å². The Morgan fingerprint density at radius 1 is 1.18 bits per heavy atom. The summed E-state index contributed by atoms with van der Waals surface area (Å²) in [6, 6.07) is 4.22. The van der Waals surface area contributed by atoms with Crippen LogP contribution < -0.4 is 10.7 Å². The molecule has 7 heteroatoms. The fraction of sp³-hybridized carbons (Fsp3) is 0.571. The van der Waals surface area contributed by atoms with Crippen molar-refractivity contribution in [3.8, 4) is 5.75 Å². The predicted molar refractivity (Wildman–Crippen MR) is 107 cm³/mol. The second kappa shape index (κ2) is 7.39. The van der Waals surface area contributed by atoms with Crippen molar-refractivity contribution in [2.24, 2.45) is 22.9 Å². The van der Waals surface area contributed by atoms with Crippen LogP contribution in [-0.4, -0.2) is 28.2 Å². The van der Waals surface area contributed by atoms with E-state index >= 15 is 0 Å². The number of nitrogens with one attached hydrogen (secondary N) is 2. The van der Waals surface area contributed by atoms with Gasteiger partial charge in [0, 0.05) is 16.3 Å². The summed E-state index contributed by atoms with van der Waals surface area (Å²) in [4.78, 5) is 24.8. The molecule has 4 aliphatic rings. The first-order valence-corrected chi connectivity index (χ1v) is 10.3. The van der Waals surface area contributed by atoms with E-state index in [0.717, 1.165) is 37.0 Å². The molecule has 3 N–H and O–H groups in total. The van der Waals surface area contributed by atoms with Gasteiger partial charge in [0.1, 0.15) is 5.75 Å². The van der Waals surface area contributed by atoms with E-state index in [4.69, 9.17) is 11.6 Å². The number of halogens is 1. The van der Waals surface area contributed by atoms with Crippen LogP contribution >= 0.6 is 11.6 Å². The van der Waals surface area contributed by atoms with E-state index in [1.54, 1.807) is 6.92 Å². The maximum Gasteiger partial charge on any atom is 0.275 e. The molecule has 28 heavy (non-hydrogen) atoms. The molecule has 0 saturated heterocycles. The third kappa shape index (κ3) is 4.02. The first-order valence-electron chi connectivity index (χ1n) is 9.95. The van der Waals surface area contributed by atoms with Gasteiger partial charge in [-0.25, -0.2) is 5.43 Å². The van der Waals surface area contributed by atoms with Gasteiger partial charge in [0.2, 0.25) is 5.91 Å². The van der Waals surface area contributed by atoms with E-state index in [1.165, 1.54) is 37.5 Å². The molecule has 2 amide bonds. The van der Waals surface area contributed by atoms with Gasteiger partial charge < -0.3 is 10.4 Å². The smallest absolute Gasteiger partial charge is 0.275 e. The molecule has 0 radical (unpaired) electrons. The van der Waals surface area contributed by atoms with Gasteiger partial charge in [-0.1, -0.05) is 11.6 Å². The lowest BCUT2D eigenvalue weighted by Gasteiger charge is -2.56. The van der Waals surface area contributed by atoms with Crippen molar-refractivity contribution >= 4 is 29.1 Å². The van der Waals surface area contributed by atoms with Crippen molar-refractivity contribution in [2.45, 2.75) is 57.4 Å². The van der Waals surface area contributed by atoms with Crippen LogP contribution in [-0.2, 0) is 4.79 Å². The third-order valence-electron chi connectivity index (χ3n) is 6.41. The van der Waals surface area contributed by atoms with Crippen LogP contribution in [0.4, 0.5) is 0 Å². The van der Waals surface area contributed by atoms with Gasteiger partial charge in [-0.2, -0.15) is 5.10 Å². The molecule has 0 aliphatic heterocycles. The molecule has 1 aromatic rings. The zero-order valence-corrected chi connectivity index (χ0v) is 16.8. The highest BCUT2D eigenvalue weighted by Crippen LogP contribution is 2.55. The van der Waals surface area contributed by atoms with E-state index < -0.39 is 5.91 Å². The fourth-order valence-electron chi connectivity index (χ4n) is 5.77. The number of phenols is 1. The van der Waals surface area contributed by atoms with Crippen LogP contribution in [0, 0.1) is 17.8 Å². The molecule has 4 bridgehead atoms. The molecule has 5 rings (SSSR count). The average molecular weight is 404 g/mol. The van der Waals surface area contributed by atoms with E-state index in [1.807, 2.05) is 0 Å². The second-order valence-corrected chi connectivity index (χ2v) is 9.31. The number of rotatable bonds is 5. The van der Waals surface area contributed by atoms with Crippen molar-refractivity contribution < 1.29 is 14.7 Å². The van der Waals surface area contributed by atoms with E-state index in [-0.39, 0.29) is 29.2 Å². The van der Waals surface area contributed by atoms with Crippen molar-refractivity contribution in [3.63, 3.8) is 0 Å². The lowest BCUT2D eigenvalue weighted by Crippen LogP contribution is -2.60. The predicted octanol–water partition coefficient (Wildman–Crippen LogP) is 3.63. The van der Waals surface area contributed by atoms with Crippen molar-refractivity contribution in [1.29, 1.82) is 0 Å². The largest absolute Gasteiger partial charge is 0.507 e. The standard InChI is InChI=1S/C21H26ClN3O3/c1-12(24-25-20(28)17-8-16(22)2-3-18(17)26)4-19(27)23-21-9-13-5-14(10-21)7-15(6-13)11-21/h2-3,8,13-15,26H,4-7,9-11H2,1H3,(H,23,27)(H,25,28). The van der Waals surface area contributed by atoms with Crippen LogP contribution in [0.15, 0.2) is 23.3 Å². The van der Waals surface area contributed by atoms with Gasteiger partial charge in [0.15, 0.2) is 0 Å². The molecule has 0 atom stereocenters. The topological polar surface area (TPSA) is 90.8 Å². The SMILES string of the molecule is CC(CC(=O)NC12CC3CC(CC(C3)C1)C2)=NNC(=O)c1cc(Cl)ccc1O. The normalized spacial score (nSPS) is 30.9. The van der Waals surface area contributed by atoms with E-state index in [0.29, 0.717) is 10.7 Å². The van der Waals surface area contributed by atoms with Crippen LogP contribution in [0.5, 0.6) is 5.75 Å². The molecule has 4 saturated carbocycles. The van der Waals surface area contributed by atoms with Crippen molar-refractivity contribution in [3.05, 3.63) is 28.8 Å². The van der Waals surface area contributed by atoms with Crippen LogP contribution in [0.3, 0.4) is 0 Å². The molecule has 0 spiro atoms. The number of amides is 2. The van der Waals surface area contributed by atoms with Crippen LogP contribution in [0.2, 0.25) is 5.02 Å². The molecule has 0 heterocycles. The summed E-state index contributed by atoms with van der Waals surface area (Å²) in [5, 5.41) is 17.4. The number of carbonyl (C=O) groups excluding carboxylic acids is 2. The maximum absolute atomic E-state index is 12.6. The Morgan fingerprint density at radius 3 is 2.39 bits per heavy atom. The maximum atomic E-state index is 12.6. The zero-order valence-electron chi connectivity index (χ0n) is 16.0. The number of hydrogen-bond donors (Lipinski definition) is 3. The third-order valence-corrected chi connectivity index (χ3v) is 6.65. The Labute approximate surface area is 169 Å². The van der Waals surface area contributed by atoms with Gasteiger partial charge in [0.25, 0.3) is 5.91 Å². The number of nitrogens with zero attached hydrogens (tertiary/aromatic N) is 1. The highest BCUT2D eigenvalue weighted by Gasteiger charge is 2.51. The molecule has 0 unspecified atom stereocenters. The van der Waals surface area contributed by atoms with Gasteiger partial charge >= 0.3 is 0 Å². The number of phenolic OH excluding ortho intramolecular Hbond substituents is 1. The van der Waals surface area contributed by atoms with E-state index in [9.17, 15) is 14.7 Å². The highest BCUT2D eigenvalue weighted by atomic mass is 35.5. The molecular formula is C21H26ClN3O3. The first-order chi connectivity index (χ1) is 13.3. The first kappa shape index (κ1) is 19.2. The van der Waals surface area contributed by atoms with Crippen LogP contribution in [0.25, 0.3) is 0 Å². The van der Waals surface area contributed by atoms with Gasteiger partial charge in [0.05, 0.1) is 12.0 Å². The Morgan fingerprint density at radius 2 is 1.79 bits per heavy atom. The monoisotopic (exact) mass is 403 g/mol. The average Bonchev–Trinajstić information content (AvgIpc) is 2.60. The van der Waals surface area contributed by atoms with Gasteiger partial charge in [-0.15, -0.1) is 0 Å². The quantitative estimate of drug-likeness (QED) is 0.518. The summed E-state index contributed by atoms with van der Waals surface area (Å²) >= 11 is 5.86. The van der Waals surface area contributed by atoms with Gasteiger partial charge in [-0.3, -0.25) is 9.59 Å². The summed E-state index contributed by atoms with van der Waals surface area (Å²) < 4.78 is 0. The number of benzene rings is 1. The second-order valence-electron chi connectivity index (χ2n) is 8.87. The molecule has 0 aromatic heterocycles. The summed E-state index contributed by atoms with van der Waals surface area (Å²) in [5.41, 5.74) is 2.91. The summed E-state index contributed by atoms with van der Waals surface area (Å²) in [7, 11) is 0. The van der Waals surface area contributed by atoms with Crippen LogP contribution in [0.1, 0.15) is 62.2 Å². The number of aromatic hydroxyl groups is 1. The zero-order chi connectivity index (χ0) is 19.9. The molecule has 4 aliphatic carbocycles. The van der Waals surface area contributed by atoms with E-state index in [2.05, 4.69) is 15.8 Å². The highest BCUT2D eigenvalue weighted by molar-refractivity contribution is 6.31. The number of carbonyl (C=O) groups is 2. The minimum atomic E-state index is -0.569. The Balaban J connectivity index is 1.33. The summed E-state index contributed by atoms with van der Waals surface area (Å²) in [6.07, 6.45) is 7.45. The van der Waals surface area contributed by atoms with Crippen molar-refractivity contribution in [1.82, 2.24) is 10.7 Å².